The molecule has 0 aliphatic heterocycles. The molecule has 82 valence electrons. The lowest BCUT2D eigenvalue weighted by Crippen LogP contribution is -2.12. The number of anilines is 1. The van der Waals surface area contributed by atoms with Gasteiger partial charge in [0.15, 0.2) is 5.69 Å². The van der Waals surface area contributed by atoms with Crippen LogP contribution in [0.15, 0.2) is 12.1 Å². The van der Waals surface area contributed by atoms with E-state index in [0.717, 1.165) is 0 Å². The predicted molar refractivity (Wildman–Crippen MR) is 55.8 cm³/mol. The fraction of sp³-hybridized carbons (Fsp3) is 0.400. The highest BCUT2D eigenvalue weighted by atomic mass is 16.5. The Bertz CT molecular complexity index is 364. The first-order valence-corrected chi connectivity index (χ1v) is 4.56. The van der Waals surface area contributed by atoms with Crippen LogP contribution < -0.4 is 10.5 Å². The van der Waals surface area contributed by atoms with Gasteiger partial charge in [0.1, 0.15) is 0 Å². The number of hydrogen-bond donors (Lipinski definition) is 1. The lowest BCUT2D eigenvalue weighted by Gasteiger charge is -2.11. The molecular formula is C10H14N2O3. The Morgan fingerprint density at radius 2 is 2.13 bits per heavy atom. The topological polar surface area (TPSA) is 74.4 Å². The number of aromatic nitrogens is 1. The monoisotopic (exact) mass is 210 g/mol. The first-order valence-electron chi connectivity index (χ1n) is 4.56. The van der Waals surface area contributed by atoms with E-state index in [1.54, 1.807) is 6.07 Å². The summed E-state index contributed by atoms with van der Waals surface area (Å²) in [5.41, 5.74) is 6.22. The number of nitrogen functional groups attached to an aromatic ring is 1. The quantitative estimate of drug-likeness (QED) is 0.759. The van der Waals surface area contributed by atoms with Crippen LogP contribution >= 0.6 is 0 Å². The molecule has 5 heteroatoms. The van der Waals surface area contributed by atoms with Crippen molar-refractivity contribution in [2.24, 2.45) is 0 Å². The van der Waals surface area contributed by atoms with Gasteiger partial charge in [-0.3, -0.25) is 0 Å². The second-order valence-electron chi connectivity index (χ2n) is 3.25. The third kappa shape index (κ3) is 2.83. The number of pyridine rings is 1. The van der Waals surface area contributed by atoms with Gasteiger partial charge in [-0.15, -0.1) is 0 Å². The number of esters is 1. The van der Waals surface area contributed by atoms with E-state index in [2.05, 4.69) is 9.72 Å². The molecule has 0 saturated heterocycles. The van der Waals surface area contributed by atoms with Crippen LogP contribution in [0.4, 0.5) is 5.69 Å². The van der Waals surface area contributed by atoms with E-state index in [1.807, 2.05) is 13.8 Å². The van der Waals surface area contributed by atoms with Gasteiger partial charge in [-0.2, -0.15) is 0 Å². The fourth-order valence-corrected chi connectivity index (χ4v) is 0.987. The highest BCUT2D eigenvalue weighted by Gasteiger charge is 2.11. The number of hydrogen-bond acceptors (Lipinski definition) is 5. The van der Waals surface area contributed by atoms with Crippen molar-refractivity contribution in [3.63, 3.8) is 0 Å². The number of nitrogens with two attached hydrogens (primary N) is 1. The molecule has 0 bridgehead atoms. The molecule has 2 N–H and O–H groups in total. The Morgan fingerprint density at radius 1 is 1.47 bits per heavy atom. The number of rotatable bonds is 3. The van der Waals surface area contributed by atoms with Gasteiger partial charge in [-0.1, -0.05) is 0 Å². The van der Waals surface area contributed by atoms with Crippen LogP contribution in [0.3, 0.4) is 0 Å². The summed E-state index contributed by atoms with van der Waals surface area (Å²) in [4.78, 5) is 15.1. The molecule has 0 fully saturated rings. The van der Waals surface area contributed by atoms with Gasteiger partial charge in [0.05, 0.1) is 18.9 Å². The van der Waals surface area contributed by atoms with E-state index < -0.39 is 5.97 Å². The standard InChI is InChI=1S/C10H14N2O3/c1-6(2)15-9-7(11)4-5-8(12-9)10(13)14-3/h4-6H,11H2,1-3H3. The second kappa shape index (κ2) is 4.63. The van der Waals surface area contributed by atoms with Gasteiger partial charge in [-0.05, 0) is 26.0 Å². The van der Waals surface area contributed by atoms with Gasteiger partial charge >= 0.3 is 5.97 Å². The Balaban J connectivity index is 2.99. The maximum atomic E-state index is 11.2. The van der Waals surface area contributed by atoms with Crippen molar-refractivity contribution in [1.82, 2.24) is 4.98 Å². The number of carbonyl (C=O) groups is 1. The molecular weight excluding hydrogens is 196 g/mol. The molecule has 0 aliphatic carbocycles. The molecule has 0 radical (unpaired) electrons. The Labute approximate surface area is 88.2 Å². The summed E-state index contributed by atoms with van der Waals surface area (Å²) in [7, 11) is 1.29. The van der Waals surface area contributed by atoms with Crippen LogP contribution in [-0.2, 0) is 4.74 Å². The van der Waals surface area contributed by atoms with Gasteiger partial charge in [0.2, 0.25) is 5.88 Å². The van der Waals surface area contributed by atoms with Crippen molar-refractivity contribution >= 4 is 11.7 Å². The van der Waals surface area contributed by atoms with Gasteiger partial charge in [0.25, 0.3) is 0 Å². The molecule has 0 spiro atoms. The Morgan fingerprint density at radius 3 is 2.67 bits per heavy atom. The fourth-order valence-electron chi connectivity index (χ4n) is 0.987. The maximum Gasteiger partial charge on any atom is 0.356 e. The van der Waals surface area contributed by atoms with Crippen molar-refractivity contribution < 1.29 is 14.3 Å². The van der Waals surface area contributed by atoms with E-state index >= 15 is 0 Å². The predicted octanol–water partition coefficient (Wildman–Crippen LogP) is 1.24. The molecule has 0 amide bonds. The van der Waals surface area contributed by atoms with Crippen molar-refractivity contribution in [1.29, 1.82) is 0 Å². The lowest BCUT2D eigenvalue weighted by atomic mass is 10.3. The van der Waals surface area contributed by atoms with Gasteiger partial charge in [0, 0.05) is 0 Å². The molecule has 15 heavy (non-hydrogen) atoms. The maximum absolute atomic E-state index is 11.2. The van der Waals surface area contributed by atoms with Crippen LogP contribution in [0.5, 0.6) is 5.88 Å². The van der Waals surface area contributed by atoms with E-state index in [-0.39, 0.29) is 17.7 Å². The third-order valence-corrected chi connectivity index (χ3v) is 1.63. The van der Waals surface area contributed by atoms with E-state index in [1.165, 1.54) is 13.2 Å². The van der Waals surface area contributed by atoms with Crippen LogP contribution in [0.25, 0.3) is 0 Å². The zero-order valence-electron chi connectivity index (χ0n) is 8.98. The lowest BCUT2D eigenvalue weighted by molar-refractivity contribution is 0.0592. The Kier molecular flexibility index (Phi) is 3.49. The van der Waals surface area contributed by atoms with Crippen molar-refractivity contribution in [2.75, 3.05) is 12.8 Å². The molecule has 0 saturated carbocycles. The minimum Gasteiger partial charge on any atom is -0.473 e. The summed E-state index contributed by atoms with van der Waals surface area (Å²) >= 11 is 0. The largest absolute Gasteiger partial charge is 0.473 e. The van der Waals surface area contributed by atoms with Crippen molar-refractivity contribution in [3.8, 4) is 5.88 Å². The van der Waals surface area contributed by atoms with E-state index in [4.69, 9.17) is 10.5 Å². The van der Waals surface area contributed by atoms with E-state index in [0.29, 0.717) is 5.69 Å². The Hall–Kier alpha value is -1.78. The molecule has 1 aromatic heterocycles. The van der Waals surface area contributed by atoms with Crippen molar-refractivity contribution in [3.05, 3.63) is 17.8 Å². The summed E-state index contributed by atoms with van der Waals surface area (Å²) in [5.74, 6) is -0.253. The number of carbonyl (C=O) groups excluding carboxylic acids is 1. The number of nitrogens with zero attached hydrogens (tertiary/aromatic N) is 1. The molecule has 0 aliphatic rings. The highest BCUT2D eigenvalue weighted by Crippen LogP contribution is 2.19. The zero-order valence-corrected chi connectivity index (χ0v) is 8.98. The molecule has 0 atom stereocenters. The SMILES string of the molecule is COC(=O)c1ccc(N)c(OC(C)C)n1. The molecule has 0 unspecified atom stereocenters. The average Bonchev–Trinajstić information content (AvgIpc) is 2.19. The highest BCUT2D eigenvalue weighted by molar-refractivity contribution is 5.87. The molecule has 1 aromatic rings. The molecule has 0 aromatic carbocycles. The summed E-state index contributed by atoms with van der Waals surface area (Å²) in [5, 5.41) is 0. The average molecular weight is 210 g/mol. The van der Waals surface area contributed by atoms with Crippen LogP contribution in [0, 0.1) is 0 Å². The molecule has 1 heterocycles. The number of ether oxygens (including phenoxy) is 2. The summed E-state index contributed by atoms with van der Waals surface area (Å²) < 4.78 is 9.87. The van der Waals surface area contributed by atoms with Crippen molar-refractivity contribution in [2.45, 2.75) is 20.0 Å². The second-order valence-corrected chi connectivity index (χ2v) is 3.25. The first kappa shape index (κ1) is 11.3. The number of methoxy groups -OCH3 is 1. The van der Waals surface area contributed by atoms with Gasteiger partial charge < -0.3 is 15.2 Å². The molecule has 1 rings (SSSR count). The normalized spacial score (nSPS) is 10.1. The third-order valence-electron chi connectivity index (χ3n) is 1.63. The molecule has 5 nitrogen and oxygen atoms in total. The zero-order chi connectivity index (χ0) is 11.4. The van der Waals surface area contributed by atoms with Crippen LogP contribution in [0.1, 0.15) is 24.3 Å². The smallest absolute Gasteiger partial charge is 0.356 e. The van der Waals surface area contributed by atoms with Crippen LogP contribution in [-0.4, -0.2) is 24.2 Å². The minimum atomic E-state index is -0.511. The van der Waals surface area contributed by atoms with Gasteiger partial charge in [-0.25, -0.2) is 9.78 Å². The minimum absolute atomic E-state index is 0.0484. The summed E-state index contributed by atoms with van der Waals surface area (Å²) in [6.07, 6.45) is -0.0484. The summed E-state index contributed by atoms with van der Waals surface area (Å²) in [6, 6.07) is 3.06. The van der Waals surface area contributed by atoms with E-state index in [9.17, 15) is 4.79 Å². The summed E-state index contributed by atoms with van der Waals surface area (Å²) in [6.45, 7) is 3.71. The van der Waals surface area contributed by atoms with Crippen LogP contribution in [0.2, 0.25) is 0 Å². The first-order chi connectivity index (χ1) is 7.04.